The topological polar surface area (TPSA) is 98.2 Å². The first-order valence-corrected chi connectivity index (χ1v) is 8.26. The van der Waals surface area contributed by atoms with E-state index in [1.165, 1.54) is 0 Å². The highest BCUT2D eigenvalue weighted by Gasteiger charge is 2.22. The van der Waals surface area contributed by atoms with Gasteiger partial charge in [-0.1, -0.05) is 41.5 Å². The largest absolute Gasteiger partial charge is 0.346 e. The van der Waals surface area contributed by atoms with Crippen LogP contribution < -0.4 is 16.8 Å². The molecular formula is C16H43N3O2. The van der Waals surface area contributed by atoms with E-state index < -0.39 is 0 Å². The van der Waals surface area contributed by atoms with Crippen LogP contribution in [-0.2, 0) is 9.59 Å². The molecule has 0 aromatic carbocycles. The number of nitrogens with one attached hydrogen (secondary N) is 1. The molecule has 134 valence electrons. The minimum absolute atomic E-state index is 0. The number of carbonyl (C=O) groups excluding carboxylic acids is 2. The lowest BCUT2D eigenvalue weighted by Gasteiger charge is -2.19. The normalized spacial score (nSPS) is 10.7. The van der Waals surface area contributed by atoms with Gasteiger partial charge in [-0.05, 0) is 25.8 Å². The molecule has 5 N–H and O–H groups in total. The summed E-state index contributed by atoms with van der Waals surface area (Å²) in [7, 11) is 0. The van der Waals surface area contributed by atoms with Gasteiger partial charge in [-0.3, -0.25) is 9.59 Å². The average Bonchev–Trinajstić information content (AvgIpc) is 2.50. The summed E-state index contributed by atoms with van der Waals surface area (Å²) in [6.07, 6.45) is 2.64. The number of hydrogen-bond donors (Lipinski definition) is 3. The molecule has 0 saturated heterocycles. The van der Waals surface area contributed by atoms with Crippen molar-refractivity contribution in [1.82, 2.24) is 5.32 Å². The van der Waals surface area contributed by atoms with Crippen molar-refractivity contribution in [3.8, 4) is 0 Å². The van der Waals surface area contributed by atoms with Crippen LogP contribution in [0.15, 0.2) is 0 Å². The molecule has 1 amide bonds. The standard InChI is InChI=1S/C12H25N3O2.2C2H6.3H2/c1-9(2)12(17)10(5-3-4-7-13)15-11(16)6-8-14;2*1-2;;;/h9-10H,3-8,13-14H2,1-2H3,(H,15,16);2*1-2H3;3*1H. The van der Waals surface area contributed by atoms with Crippen LogP contribution in [0.1, 0.15) is 71.5 Å². The van der Waals surface area contributed by atoms with Crippen LogP contribution in [0.3, 0.4) is 0 Å². The van der Waals surface area contributed by atoms with Crippen LogP contribution in [0.2, 0.25) is 0 Å². The number of rotatable bonds is 9. The highest BCUT2D eigenvalue weighted by molar-refractivity contribution is 5.90. The van der Waals surface area contributed by atoms with Gasteiger partial charge in [0.15, 0.2) is 5.78 Å². The van der Waals surface area contributed by atoms with Gasteiger partial charge in [-0.25, -0.2) is 0 Å². The highest BCUT2D eigenvalue weighted by Crippen LogP contribution is 2.07. The van der Waals surface area contributed by atoms with Crippen LogP contribution in [-0.4, -0.2) is 30.8 Å². The summed E-state index contributed by atoms with van der Waals surface area (Å²) in [6.45, 7) is 12.6. The Hall–Kier alpha value is -0.940. The number of hydrogen-bond acceptors (Lipinski definition) is 4. The predicted molar refractivity (Wildman–Crippen MR) is 97.4 cm³/mol. The Morgan fingerprint density at radius 3 is 1.90 bits per heavy atom. The third-order valence-corrected chi connectivity index (χ3v) is 2.57. The molecule has 0 saturated carbocycles. The number of unbranched alkanes of at least 4 members (excludes halogenated alkanes) is 1. The van der Waals surface area contributed by atoms with Gasteiger partial charge in [0.1, 0.15) is 0 Å². The fraction of sp³-hybridized carbons (Fsp3) is 0.875. The fourth-order valence-corrected chi connectivity index (χ4v) is 1.58. The van der Waals surface area contributed by atoms with Gasteiger partial charge in [-0.2, -0.15) is 0 Å². The van der Waals surface area contributed by atoms with Crippen molar-refractivity contribution in [1.29, 1.82) is 0 Å². The van der Waals surface area contributed by atoms with E-state index in [-0.39, 0.29) is 34.4 Å². The zero-order chi connectivity index (χ0) is 17.3. The van der Waals surface area contributed by atoms with E-state index in [2.05, 4.69) is 5.32 Å². The van der Waals surface area contributed by atoms with Crippen molar-refractivity contribution in [2.45, 2.75) is 73.3 Å². The molecule has 1 atom stereocenters. The predicted octanol–water partition coefficient (Wildman–Crippen LogP) is 2.96. The van der Waals surface area contributed by atoms with E-state index >= 15 is 0 Å². The number of Topliss-reactive ketones (excluding diaryl/α,β-unsaturated/α-hetero) is 1. The van der Waals surface area contributed by atoms with E-state index in [1.54, 1.807) is 0 Å². The second kappa shape index (κ2) is 19.1. The van der Waals surface area contributed by atoms with Crippen molar-refractivity contribution in [2.75, 3.05) is 13.1 Å². The van der Waals surface area contributed by atoms with Crippen molar-refractivity contribution in [3.63, 3.8) is 0 Å². The first kappa shape index (κ1) is 25.0. The maximum absolute atomic E-state index is 11.9. The molecule has 0 heterocycles. The lowest BCUT2D eigenvalue weighted by atomic mass is 9.97. The van der Waals surface area contributed by atoms with Crippen LogP contribution >= 0.6 is 0 Å². The Labute approximate surface area is 135 Å². The van der Waals surface area contributed by atoms with Crippen molar-refractivity contribution < 1.29 is 13.9 Å². The molecule has 0 rings (SSSR count). The maximum atomic E-state index is 11.9. The van der Waals surface area contributed by atoms with E-state index in [0.29, 0.717) is 19.5 Å². The van der Waals surface area contributed by atoms with Gasteiger partial charge in [-0.15, -0.1) is 0 Å². The quantitative estimate of drug-likeness (QED) is 0.570. The molecule has 0 aliphatic rings. The van der Waals surface area contributed by atoms with Crippen molar-refractivity contribution >= 4 is 11.7 Å². The smallest absolute Gasteiger partial charge is 0.221 e. The molecule has 0 aliphatic carbocycles. The number of nitrogens with two attached hydrogens (primary N) is 2. The SMILES string of the molecule is CC.CC.CC(C)C(=O)C(CCCCN)NC(=O)CCN.[HH].[HH].[HH]. The molecule has 0 aromatic heterocycles. The molecular weight excluding hydrogens is 266 g/mol. The van der Waals surface area contributed by atoms with Crippen LogP contribution in [0, 0.1) is 5.92 Å². The third kappa shape index (κ3) is 15.3. The number of ketones is 1. The van der Waals surface area contributed by atoms with Gasteiger partial charge in [0.25, 0.3) is 0 Å². The fourth-order valence-electron chi connectivity index (χ4n) is 1.58. The lowest BCUT2D eigenvalue weighted by Crippen LogP contribution is -2.43. The second-order valence-corrected chi connectivity index (χ2v) is 4.50. The molecule has 0 bridgehead atoms. The Morgan fingerprint density at radius 1 is 1.00 bits per heavy atom. The molecule has 5 nitrogen and oxygen atoms in total. The van der Waals surface area contributed by atoms with Crippen LogP contribution in [0.5, 0.6) is 0 Å². The summed E-state index contributed by atoms with van der Waals surface area (Å²) < 4.78 is 0. The average molecular weight is 310 g/mol. The van der Waals surface area contributed by atoms with E-state index in [9.17, 15) is 9.59 Å². The highest BCUT2D eigenvalue weighted by atomic mass is 16.2. The molecule has 0 radical (unpaired) electrons. The summed E-state index contributed by atoms with van der Waals surface area (Å²) in [4.78, 5) is 23.3. The Kier molecular flexibility index (Phi) is 22.7. The maximum Gasteiger partial charge on any atom is 0.221 e. The first-order valence-electron chi connectivity index (χ1n) is 8.26. The van der Waals surface area contributed by atoms with E-state index in [0.717, 1.165) is 12.8 Å². The summed E-state index contributed by atoms with van der Waals surface area (Å²) in [6, 6.07) is -0.388. The van der Waals surface area contributed by atoms with E-state index in [1.807, 2.05) is 41.5 Å². The molecule has 0 spiro atoms. The summed E-state index contributed by atoms with van der Waals surface area (Å²) in [5, 5.41) is 2.75. The Bertz CT molecular complexity index is 257. The first-order chi connectivity index (χ1) is 10.0. The second-order valence-electron chi connectivity index (χ2n) is 4.50. The van der Waals surface area contributed by atoms with Gasteiger partial charge < -0.3 is 16.8 Å². The van der Waals surface area contributed by atoms with Gasteiger partial charge in [0.05, 0.1) is 6.04 Å². The zero-order valence-electron chi connectivity index (χ0n) is 14.9. The lowest BCUT2D eigenvalue weighted by molar-refractivity contribution is -0.129. The van der Waals surface area contributed by atoms with Gasteiger partial charge in [0.2, 0.25) is 5.91 Å². The molecule has 0 aromatic rings. The van der Waals surface area contributed by atoms with E-state index in [4.69, 9.17) is 11.5 Å². The van der Waals surface area contributed by atoms with Crippen LogP contribution in [0.25, 0.3) is 0 Å². The zero-order valence-corrected chi connectivity index (χ0v) is 14.9. The third-order valence-electron chi connectivity index (χ3n) is 2.57. The molecule has 0 fully saturated rings. The Balaban J connectivity index is -0.000000107. The Morgan fingerprint density at radius 2 is 1.52 bits per heavy atom. The molecule has 0 aliphatic heterocycles. The molecule has 5 heteroatoms. The summed E-state index contributed by atoms with van der Waals surface area (Å²) in [5.74, 6) is -0.150. The van der Waals surface area contributed by atoms with Gasteiger partial charge >= 0.3 is 0 Å². The monoisotopic (exact) mass is 309 g/mol. The van der Waals surface area contributed by atoms with Gasteiger partial charge in [0, 0.05) is 23.2 Å². The minimum atomic E-state index is -0.388. The number of carbonyl (C=O) groups is 2. The minimum Gasteiger partial charge on any atom is -0.346 e. The molecule has 21 heavy (non-hydrogen) atoms. The van der Waals surface area contributed by atoms with Crippen molar-refractivity contribution in [2.24, 2.45) is 17.4 Å². The van der Waals surface area contributed by atoms with Crippen LogP contribution in [0.4, 0.5) is 0 Å². The number of amides is 1. The van der Waals surface area contributed by atoms with Crippen molar-refractivity contribution in [3.05, 3.63) is 0 Å². The molecule has 1 unspecified atom stereocenters. The summed E-state index contributed by atoms with van der Waals surface area (Å²) in [5.41, 5.74) is 10.7. The summed E-state index contributed by atoms with van der Waals surface area (Å²) >= 11 is 0.